The normalized spacial score (nSPS) is 12.2. The minimum absolute atomic E-state index is 0.132. The quantitative estimate of drug-likeness (QED) is 0.875. The number of methoxy groups -OCH3 is 1. The fourth-order valence-electron chi connectivity index (χ4n) is 2.10. The van der Waals surface area contributed by atoms with E-state index in [-0.39, 0.29) is 11.9 Å². The van der Waals surface area contributed by atoms with Crippen molar-refractivity contribution >= 4 is 0 Å². The molecule has 4 heteroatoms. The molecule has 0 aliphatic heterocycles. The van der Waals surface area contributed by atoms with Crippen molar-refractivity contribution in [3.63, 3.8) is 0 Å². The molecule has 0 bridgehead atoms. The van der Waals surface area contributed by atoms with E-state index in [4.69, 9.17) is 4.74 Å². The van der Waals surface area contributed by atoms with Gasteiger partial charge in [0.05, 0.1) is 7.11 Å². The lowest BCUT2D eigenvalue weighted by Gasteiger charge is -2.17. The molecule has 3 nitrogen and oxygen atoms in total. The fraction of sp³-hybridized carbons (Fsp3) is 0.312. The Balaban J connectivity index is 1.99. The SMILES string of the molecule is CCC(NCc1ccc(OC)nc1)c1cccc(F)c1. The number of halogens is 1. The number of hydrogen-bond donors (Lipinski definition) is 1. The zero-order chi connectivity index (χ0) is 14.4. The average molecular weight is 274 g/mol. The second kappa shape index (κ2) is 7.01. The van der Waals surface area contributed by atoms with E-state index in [1.807, 2.05) is 18.2 Å². The topological polar surface area (TPSA) is 34.1 Å². The Hall–Kier alpha value is -1.94. The van der Waals surface area contributed by atoms with Crippen LogP contribution < -0.4 is 10.1 Å². The van der Waals surface area contributed by atoms with E-state index in [1.165, 1.54) is 6.07 Å². The van der Waals surface area contributed by atoms with E-state index in [2.05, 4.69) is 17.2 Å². The molecule has 1 aromatic carbocycles. The van der Waals surface area contributed by atoms with Crippen LogP contribution in [0.5, 0.6) is 5.88 Å². The molecule has 2 aromatic rings. The minimum Gasteiger partial charge on any atom is -0.481 e. The van der Waals surface area contributed by atoms with Crippen molar-refractivity contribution in [3.05, 3.63) is 59.5 Å². The Morgan fingerprint density at radius 1 is 1.30 bits per heavy atom. The molecule has 0 fully saturated rings. The summed E-state index contributed by atoms with van der Waals surface area (Å²) in [7, 11) is 1.59. The highest BCUT2D eigenvalue weighted by Gasteiger charge is 2.09. The molecule has 106 valence electrons. The lowest BCUT2D eigenvalue weighted by atomic mass is 10.0. The number of pyridine rings is 1. The molecule has 0 spiro atoms. The van der Waals surface area contributed by atoms with Gasteiger partial charge in [-0.25, -0.2) is 9.37 Å². The molecule has 1 aromatic heterocycles. The number of aromatic nitrogens is 1. The zero-order valence-corrected chi connectivity index (χ0v) is 11.8. The molecule has 1 atom stereocenters. The van der Waals surface area contributed by atoms with Gasteiger partial charge in [-0.3, -0.25) is 0 Å². The van der Waals surface area contributed by atoms with Gasteiger partial charge in [0.1, 0.15) is 5.82 Å². The summed E-state index contributed by atoms with van der Waals surface area (Å²) < 4.78 is 18.3. The van der Waals surface area contributed by atoms with Crippen molar-refractivity contribution in [1.29, 1.82) is 0 Å². The van der Waals surface area contributed by atoms with Gasteiger partial charge in [0.2, 0.25) is 5.88 Å². The van der Waals surface area contributed by atoms with Gasteiger partial charge in [0, 0.05) is 24.8 Å². The number of ether oxygens (including phenoxy) is 1. The van der Waals surface area contributed by atoms with Gasteiger partial charge < -0.3 is 10.1 Å². The predicted molar refractivity (Wildman–Crippen MR) is 77.1 cm³/mol. The third-order valence-electron chi connectivity index (χ3n) is 3.22. The van der Waals surface area contributed by atoms with Gasteiger partial charge in [-0.15, -0.1) is 0 Å². The lowest BCUT2D eigenvalue weighted by Crippen LogP contribution is -2.20. The van der Waals surface area contributed by atoms with Gasteiger partial charge in [-0.05, 0) is 29.7 Å². The molecule has 0 radical (unpaired) electrons. The predicted octanol–water partition coefficient (Wildman–Crippen LogP) is 3.47. The fourth-order valence-corrected chi connectivity index (χ4v) is 2.10. The van der Waals surface area contributed by atoms with Crippen LogP contribution in [-0.4, -0.2) is 12.1 Å². The smallest absolute Gasteiger partial charge is 0.212 e. The van der Waals surface area contributed by atoms with Crippen molar-refractivity contribution in [2.45, 2.75) is 25.9 Å². The highest BCUT2D eigenvalue weighted by molar-refractivity contribution is 5.21. The van der Waals surface area contributed by atoms with Crippen LogP contribution in [0, 0.1) is 5.82 Å². The number of nitrogens with one attached hydrogen (secondary N) is 1. The van der Waals surface area contributed by atoms with Crippen molar-refractivity contribution in [2.75, 3.05) is 7.11 Å². The van der Waals surface area contributed by atoms with E-state index in [0.717, 1.165) is 17.5 Å². The van der Waals surface area contributed by atoms with Crippen LogP contribution in [0.15, 0.2) is 42.6 Å². The lowest BCUT2D eigenvalue weighted by molar-refractivity contribution is 0.397. The molecule has 1 heterocycles. The van der Waals surface area contributed by atoms with Gasteiger partial charge in [-0.2, -0.15) is 0 Å². The van der Waals surface area contributed by atoms with Crippen LogP contribution in [0.25, 0.3) is 0 Å². The molecule has 0 amide bonds. The van der Waals surface area contributed by atoms with Crippen molar-refractivity contribution < 1.29 is 9.13 Å². The van der Waals surface area contributed by atoms with Crippen LogP contribution in [0.1, 0.15) is 30.5 Å². The van der Waals surface area contributed by atoms with Crippen LogP contribution in [-0.2, 0) is 6.54 Å². The minimum atomic E-state index is -0.200. The summed E-state index contributed by atoms with van der Waals surface area (Å²) in [6.07, 6.45) is 2.68. The maximum absolute atomic E-state index is 13.3. The monoisotopic (exact) mass is 274 g/mol. The van der Waals surface area contributed by atoms with Crippen LogP contribution in [0.4, 0.5) is 4.39 Å². The maximum atomic E-state index is 13.3. The maximum Gasteiger partial charge on any atom is 0.212 e. The number of benzene rings is 1. The first-order chi connectivity index (χ1) is 9.72. The molecule has 20 heavy (non-hydrogen) atoms. The summed E-state index contributed by atoms with van der Waals surface area (Å²) in [4.78, 5) is 4.17. The Morgan fingerprint density at radius 3 is 2.75 bits per heavy atom. The van der Waals surface area contributed by atoms with Gasteiger partial charge >= 0.3 is 0 Å². The molecule has 1 N–H and O–H groups in total. The summed E-state index contributed by atoms with van der Waals surface area (Å²) in [5.74, 6) is 0.403. The van der Waals surface area contributed by atoms with E-state index < -0.39 is 0 Å². The van der Waals surface area contributed by atoms with E-state index in [9.17, 15) is 4.39 Å². The summed E-state index contributed by atoms with van der Waals surface area (Å²) in [5.41, 5.74) is 2.04. The Bertz CT molecular complexity index is 542. The van der Waals surface area contributed by atoms with Crippen LogP contribution in [0.3, 0.4) is 0 Å². The number of rotatable bonds is 6. The first kappa shape index (κ1) is 14.5. The zero-order valence-electron chi connectivity index (χ0n) is 11.8. The molecular formula is C16H19FN2O. The first-order valence-corrected chi connectivity index (χ1v) is 6.70. The molecule has 0 aliphatic carbocycles. The van der Waals surface area contributed by atoms with Crippen molar-refractivity contribution in [1.82, 2.24) is 10.3 Å². The number of hydrogen-bond acceptors (Lipinski definition) is 3. The Morgan fingerprint density at radius 2 is 2.15 bits per heavy atom. The molecule has 2 rings (SSSR count). The summed E-state index contributed by atoms with van der Waals surface area (Å²) in [6.45, 7) is 2.76. The molecular weight excluding hydrogens is 255 g/mol. The summed E-state index contributed by atoms with van der Waals surface area (Å²) >= 11 is 0. The Kier molecular flexibility index (Phi) is 5.07. The average Bonchev–Trinajstić information content (AvgIpc) is 2.48. The van der Waals surface area contributed by atoms with E-state index in [1.54, 1.807) is 25.4 Å². The van der Waals surface area contributed by atoms with Crippen LogP contribution >= 0.6 is 0 Å². The summed E-state index contributed by atoms with van der Waals surface area (Å²) in [5, 5.41) is 3.42. The third kappa shape index (κ3) is 3.78. The van der Waals surface area contributed by atoms with Gasteiger partial charge in [0.15, 0.2) is 0 Å². The molecule has 0 aliphatic rings. The van der Waals surface area contributed by atoms with Gasteiger partial charge in [0.25, 0.3) is 0 Å². The second-order valence-electron chi connectivity index (χ2n) is 4.61. The molecule has 0 saturated carbocycles. The van der Waals surface area contributed by atoms with Gasteiger partial charge in [-0.1, -0.05) is 25.1 Å². The first-order valence-electron chi connectivity index (χ1n) is 6.70. The van der Waals surface area contributed by atoms with Crippen molar-refractivity contribution in [3.8, 4) is 5.88 Å². The van der Waals surface area contributed by atoms with E-state index >= 15 is 0 Å². The molecule has 1 unspecified atom stereocenters. The van der Waals surface area contributed by atoms with E-state index in [0.29, 0.717) is 12.4 Å². The number of nitrogens with zero attached hydrogens (tertiary/aromatic N) is 1. The van der Waals surface area contributed by atoms with Crippen molar-refractivity contribution in [2.24, 2.45) is 0 Å². The van der Waals surface area contributed by atoms with Crippen LogP contribution in [0.2, 0.25) is 0 Å². The standard InChI is InChI=1S/C16H19FN2O/c1-3-15(13-5-4-6-14(17)9-13)18-10-12-7-8-16(20-2)19-11-12/h4-9,11,15,18H,3,10H2,1-2H3. The second-order valence-corrected chi connectivity index (χ2v) is 4.61. The largest absolute Gasteiger partial charge is 0.481 e. The molecule has 0 saturated heterocycles. The highest BCUT2D eigenvalue weighted by atomic mass is 19.1. The third-order valence-corrected chi connectivity index (χ3v) is 3.22. The highest BCUT2D eigenvalue weighted by Crippen LogP contribution is 2.18. The Labute approximate surface area is 118 Å². The summed E-state index contributed by atoms with van der Waals surface area (Å²) in [6, 6.07) is 10.7.